The molecule has 4 aliphatic rings. The van der Waals surface area contributed by atoms with Crippen LogP contribution in [-0.4, -0.2) is 23.3 Å². The molecule has 3 aromatic carbocycles. The van der Waals surface area contributed by atoms with Gasteiger partial charge in [0.2, 0.25) is 0 Å². The van der Waals surface area contributed by atoms with Crippen molar-refractivity contribution < 1.29 is 23.1 Å². The first-order valence-corrected chi connectivity index (χ1v) is 15.2. The minimum absolute atomic E-state index is 0.0262. The van der Waals surface area contributed by atoms with E-state index in [9.17, 15) is 18.4 Å². The van der Waals surface area contributed by atoms with Crippen molar-refractivity contribution in [1.82, 2.24) is 0 Å². The number of hydrogen-bond acceptors (Lipinski definition) is 3. The van der Waals surface area contributed by atoms with Gasteiger partial charge in [-0.25, -0.2) is 4.79 Å². The molecule has 0 amide bonds. The summed E-state index contributed by atoms with van der Waals surface area (Å²) >= 11 is 2.35. The molecule has 0 spiro atoms. The maximum atomic E-state index is 12.9. The second kappa shape index (κ2) is 11.1. The van der Waals surface area contributed by atoms with Crippen LogP contribution in [-0.2, 0) is 25.2 Å². The quantitative estimate of drug-likeness (QED) is 0.162. The minimum atomic E-state index is -3.45. The smallest absolute Gasteiger partial charge is 0.377 e. The largest absolute Gasteiger partial charge is 0.455 e. The van der Waals surface area contributed by atoms with E-state index < -0.39 is 17.5 Å². The summed E-state index contributed by atoms with van der Waals surface area (Å²) in [5.74, 6) is -4.44. The third-order valence-electron chi connectivity index (χ3n) is 7.61. The van der Waals surface area contributed by atoms with Gasteiger partial charge in [0.15, 0.2) is 14.7 Å². The lowest BCUT2D eigenvalue weighted by Gasteiger charge is -2.54. The first kappa shape index (κ1) is 27.3. The predicted octanol–water partition coefficient (Wildman–Crippen LogP) is 7.72. The Morgan fingerprint density at radius 3 is 1.79 bits per heavy atom. The Labute approximate surface area is 238 Å². The Hall–Kier alpha value is -2.26. The molecule has 2 atom stereocenters. The van der Waals surface area contributed by atoms with Gasteiger partial charge < -0.3 is 4.74 Å². The lowest BCUT2D eigenvalue weighted by atomic mass is 9.53. The van der Waals surface area contributed by atoms with Crippen molar-refractivity contribution in [3.05, 3.63) is 88.5 Å². The van der Waals surface area contributed by atoms with Crippen molar-refractivity contribution in [1.29, 1.82) is 0 Å². The average Bonchev–Trinajstić information content (AvgIpc) is 2.89. The van der Waals surface area contributed by atoms with Gasteiger partial charge in [-0.2, -0.15) is 8.78 Å². The zero-order chi connectivity index (χ0) is 26.9. The van der Waals surface area contributed by atoms with Gasteiger partial charge >= 0.3 is 11.9 Å². The highest BCUT2D eigenvalue weighted by atomic mass is 127. The second-order valence-electron chi connectivity index (χ2n) is 10.6. The van der Waals surface area contributed by atoms with Crippen LogP contribution in [0, 0.1) is 21.3 Å². The molecule has 0 radical (unpaired) electrons. The fourth-order valence-corrected chi connectivity index (χ4v) is 8.62. The predicted molar refractivity (Wildman–Crippen MR) is 152 cm³/mol. The molecule has 38 heavy (non-hydrogen) atoms. The molecule has 4 fully saturated rings. The van der Waals surface area contributed by atoms with Crippen LogP contribution in [0.4, 0.5) is 8.78 Å². The van der Waals surface area contributed by atoms with Crippen molar-refractivity contribution >= 4 is 45.2 Å². The van der Waals surface area contributed by atoms with E-state index in [-0.39, 0.29) is 28.5 Å². The number of esters is 1. The second-order valence-corrected chi connectivity index (χ2v) is 13.9. The van der Waals surface area contributed by atoms with E-state index in [1.807, 2.05) is 0 Å². The maximum absolute atomic E-state index is 12.9. The monoisotopic (exact) mass is 647 g/mol. The summed E-state index contributed by atoms with van der Waals surface area (Å²) < 4.78 is 32.3. The average molecular weight is 648 g/mol. The number of alkyl halides is 2. The minimum Gasteiger partial charge on any atom is -0.455 e. The zero-order valence-electron chi connectivity index (χ0n) is 21.1. The fraction of sp³-hybridized carbons (Fsp3) is 0.355. The van der Waals surface area contributed by atoms with Crippen molar-refractivity contribution in [3.63, 3.8) is 0 Å². The van der Waals surface area contributed by atoms with Gasteiger partial charge in [-0.1, -0.05) is 36.4 Å². The zero-order valence-corrected chi connectivity index (χ0v) is 24.1. The molecule has 3 aromatic rings. The molecule has 4 bridgehead atoms. The van der Waals surface area contributed by atoms with Crippen LogP contribution in [0.3, 0.4) is 0 Å². The van der Waals surface area contributed by atoms with E-state index in [1.165, 1.54) is 18.3 Å². The number of hydrogen-bond donors (Lipinski definition) is 0. The number of halogens is 3. The summed E-state index contributed by atoms with van der Waals surface area (Å²) in [7, 11) is -0.0262. The number of Topliss-reactive ketones (excluding diaryl/α,β-unsaturated/α-hetero) is 1. The molecule has 2 unspecified atom stereocenters. The van der Waals surface area contributed by atoms with E-state index in [4.69, 9.17) is 4.74 Å². The molecular weight excluding hydrogens is 617 g/mol. The summed E-state index contributed by atoms with van der Waals surface area (Å²) in [6.07, 6.45) is 3.23. The molecule has 0 saturated heterocycles. The fourth-order valence-electron chi connectivity index (χ4n) is 6.18. The first-order chi connectivity index (χ1) is 18.1. The highest BCUT2D eigenvalue weighted by molar-refractivity contribution is 14.1. The molecule has 0 heterocycles. The molecule has 0 aromatic heterocycles. The molecule has 3 nitrogen and oxygen atoms in total. The van der Waals surface area contributed by atoms with E-state index in [0.29, 0.717) is 32.1 Å². The molecule has 7 rings (SSSR count). The number of ketones is 1. The normalized spacial score (nSPS) is 25.6. The molecule has 7 heteroatoms. The first-order valence-electron chi connectivity index (χ1n) is 12.9. The summed E-state index contributed by atoms with van der Waals surface area (Å²) in [5, 5.41) is 0. The Balaban J connectivity index is 0.000000156. The molecule has 0 aliphatic heterocycles. The van der Waals surface area contributed by atoms with Crippen LogP contribution in [0.1, 0.15) is 39.0 Å². The molecular formula is C31H30F2IO3S+. The van der Waals surface area contributed by atoms with Crippen LogP contribution in [0.2, 0.25) is 0 Å². The highest BCUT2D eigenvalue weighted by Crippen LogP contribution is 2.55. The van der Waals surface area contributed by atoms with Crippen LogP contribution in [0.25, 0.3) is 0 Å². The van der Waals surface area contributed by atoms with Crippen LogP contribution in [0.5, 0.6) is 0 Å². The lowest BCUT2D eigenvalue weighted by Crippen LogP contribution is -2.57. The number of carbonyl (C=O) groups excluding carboxylic acids is 2. The van der Waals surface area contributed by atoms with Gasteiger partial charge in [-0.05, 0) is 109 Å². The third-order valence-corrected chi connectivity index (χ3v) is 10.6. The van der Waals surface area contributed by atoms with Gasteiger partial charge in [0, 0.05) is 22.3 Å². The van der Waals surface area contributed by atoms with Crippen molar-refractivity contribution in [2.45, 2.75) is 65.2 Å². The van der Waals surface area contributed by atoms with Crippen molar-refractivity contribution in [3.8, 4) is 0 Å². The number of carbonyl (C=O) groups is 2. The lowest BCUT2D eigenvalue weighted by molar-refractivity contribution is -0.207. The van der Waals surface area contributed by atoms with E-state index >= 15 is 0 Å². The Bertz CT molecular complexity index is 1220. The molecule has 4 aliphatic carbocycles. The summed E-state index contributed by atoms with van der Waals surface area (Å²) in [4.78, 5) is 27.4. The number of benzene rings is 3. The Morgan fingerprint density at radius 1 is 0.842 bits per heavy atom. The Kier molecular flexibility index (Phi) is 7.96. The third kappa shape index (κ3) is 5.98. The maximum Gasteiger partial charge on any atom is 0.377 e. The van der Waals surface area contributed by atoms with Gasteiger partial charge in [0.05, 0.1) is 10.9 Å². The van der Waals surface area contributed by atoms with Crippen LogP contribution >= 0.6 is 22.6 Å². The Morgan fingerprint density at radius 2 is 1.32 bits per heavy atom. The van der Waals surface area contributed by atoms with Crippen molar-refractivity contribution in [2.24, 2.45) is 17.8 Å². The number of rotatable bonds is 5. The van der Waals surface area contributed by atoms with Crippen molar-refractivity contribution in [2.75, 3.05) is 0 Å². The number of ether oxygens (including phenoxy) is 1. The van der Waals surface area contributed by atoms with Crippen LogP contribution < -0.4 is 0 Å². The standard InChI is InChI=1S/C18H14IS.C13H16F2O3/c19-15-11-13-18(14-12-15)20(16-7-3-1-4-8-16)17-9-5-2-6-10-17;1-12(14,15)11(17)18-13-4-7-2-8(5-13)10(16)9(3-7)6-13/h1-14H;7-9H,2-6H2,1H3/q+1;. The highest BCUT2D eigenvalue weighted by Gasteiger charge is 2.58. The molecule has 198 valence electrons. The van der Waals surface area contributed by atoms with E-state index in [2.05, 4.69) is 108 Å². The molecule has 4 saturated carbocycles. The molecule has 0 N–H and O–H groups in total. The summed E-state index contributed by atoms with van der Waals surface area (Å²) in [6.45, 7) is 0.557. The van der Waals surface area contributed by atoms with Crippen LogP contribution in [0.15, 0.2) is 99.6 Å². The van der Waals surface area contributed by atoms with E-state index in [1.54, 1.807) is 0 Å². The SMILES string of the molecule is CC(F)(F)C(=O)OC12CC3CC(C1)C(=O)C(C3)C2.Ic1ccc([S+](c2ccccc2)c2ccccc2)cc1. The summed E-state index contributed by atoms with van der Waals surface area (Å²) in [6, 6.07) is 30.3. The van der Waals surface area contributed by atoms with Gasteiger partial charge in [-0.15, -0.1) is 0 Å². The topological polar surface area (TPSA) is 43.4 Å². The van der Waals surface area contributed by atoms with Gasteiger partial charge in [-0.3, -0.25) is 4.79 Å². The van der Waals surface area contributed by atoms with Gasteiger partial charge in [0.25, 0.3) is 0 Å². The summed E-state index contributed by atoms with van der Waals surface area (Å²) in [5.41, 5.74) is -0.791. The van der Waals surface area contributed by atoms with E-state index in [0.717, 1.165) is 12.8 Å². The van der Waals surface area contributed by atoms with Gasteiger partial charge in [0.1, 0.15) is 11.4 Å².